The van der Waals surface area contributed by atoms with Gasteiger partial charge in [-0.25, -0.2) is 10.4 Å². The normalized spacial score (nSPS) is 17.9. The molecular formula is C13H13N5O4S2. The number of hydrogen-bond donors (Lipinski definition) is 2. The topological polar surface area (TPSA) is 119 Å². The van der Waals surface area contributed by atoms with Crippen molar-refractivity contribution in [1.82, 2.24) is 15.7 Å². The van der Waals surface area contributed by atoms with Crippen molar-refractivity contribution in [2.24, 2.45) is 5.10 Å². The van der Waals surface area contributed by atoms with E-state index in [1.54, 1.807) is 11.4 Å². The molecule has 1 atom stereocenters. The molecule has 1 amide bonds. The molecule has 1 fully saturated rings. The molecule has 11 heteroatoms. The maximum atomic E-state index is 11.8. The van der Waals surface area contributed by atoms with Crippen LogP contribution >= 0.6 is 22.7 Å². The quantitative estimate of drug-likeness (QED) is 0.466. The molecule has 1 saturated heterocycles. The minimum absolute atomic E-state index is 0.0729. The zero-order chi connectivity index (χ0) is 16.9. The number of hydrogen-bond acceptors (Lipinski definition) is 9. The first-order chi connectivity index (χ1) is 11.6. The second-order valence-corrected chi connectivity index (χ2v) is 6.69. The Bertz CT molecular complexity index is 766. The Labute approximate surface area is 144 Å². The van der Waals surface area contributed by atoms with Crippen LogP contribution in [-0.2, 0) is 9.53 Å². The monoisotopic (exact) mass is 367 g/mol. The lowest BCUT2D eigenvalue weighted by Gasteiger charge is -2.21. The molecule has 9 nitrogen and oxygen atoms in total. The number of carbonyl (C=O) groups is 1. The van der Waals surface area contributed by atoms with Crippen LogP contribution in [0.1, 0.15) is 5.69 Å². The number of nitrogens with zero attached hydrogens (tertiary/aromatic N) is 3. The number of amides is 1. The van der Waals surface area contributed by atoms with Crippen molar-refractivity contribution >= 4 is 39.8 Å². The number of thiazole rings is 1. The van der Waals surface area contributed by atoms with E-state index in [1.165, 1.54) is 23.6 Å². The van der Waals surface area contributed by atoms with Gasteiger partial charge in [0.15, 0.2) is 0 Å². The van der Waals surface area contributed by atoms with E-state index in [9.17, 15) is 14.9 Å². The van der Waals surface area contributed by atoms with Gasteiger partial charge in [-0.1, -0.05) is 11.3 Å². The van der Waals surface area contributed by atoms with E-state index in [0.29, 0.717) is 23.9 Å². The standard InChI is InChI=1S/C13H13N5O4S2/c19-12(9-6-14-3-4-22-9)17-15-5-8-7-23-13(16-8)10-1-2-11(24-10)18(20)21/h1-2,5,7,9,14H,3-4,6H2,(H,17,19)/b15-5-. The van der Waals surface area contributed by atoms with Crippen LogP contribution in [0.2, 0.25) is 0 Å². The minimum atomic E-state index is -0.548. The Balaban J connectivity index is 1.58. The van der Waals surface area contributed by atoms with Gasteiger partial charge in [-0.15, -0.1) is 11.3 Å². The van der Waals surface area contributed by atoms with Gasteiger partial charge in [0, 0.05) is 24.5 Å². The van der Waals surface area contributed by atoms with E-state index in [2.05, 4.69) is 20.8 Å². The van der Waals surface area contributed by atoms with Gasteiger partial charge in [0.2, 0.25) is 0 Å². The number of thiophene rings is 1. The molecule has 0 saturated carbocycles. The molecule has 126 valence electrons. The minimum Gasteiger partial charge on any atom is -0.366 e. The average Bonchev–Trinajstić information content (AvgIpc) is 3.24. The third kappa shape index (κ3) is 4.00. The van der Waals surface area contributed by atoms with E-state index >= 15 is 0 Å². The summed E-state index contributed by atoms with van der Waals surface area (Å²) in [5.41, 5.74) is 2.98. The van der Waals surface area contributed by atoms with Crippen LogP contribution in [0.25, 0.3) is 9.88 Å². The molecule has 2 aromatic heterocycles. The first-order valence-electron chi connectivity index (χ1n) is 6.99. The Hall–Kier alpha value is -2.21. The van der Waals surface area contributed by atoms with E-state index in [1.807, 2.05) is 0 Å². The third-order valence-electron chi connectivity index (χ3n) is 3.10. The average molecular weight is 367 g/mol. The molecule has 1 aliphatic heterocycles. The number of rotatable bonds is 5. The first kappa shape index (κ1) is 16.6. The molecule has 3 heterocycles. The molecule has 0 aliphatic carbocycles. The smallest absolute Gasteiger partial charge is 0.324 e. The second-order valence-electron chi connectivity index (χ2n) is 4.77. The molecule has 24 heavy (non-hydrogen) atoms. The van der Waals surface area contributed by atoms with Crippen molar-refractivity contribution in [3.63, 3.8) is 0 Å². The fraction of sp³-hybridized carbons (Fsp3) is 0.308. The van der Waals surface area contributed by atoms with Gasteiger partial charge in [-0.3, -0.25) is 14.9 Å². The predicted molar refractivity (Wildman–Crippen MR) is 90.4 cm³/mol. The zero-order valence-corrected chi connectivity index (χ0v) is 13.9. The second kappa shape index (κ2) is 7.57. The molecule has 2 aromatic rings. The molecule has 3 rings (SSSR count). The first-order valence-corrected chi connectivity index (χ1v) is 8.68. The number of ether oxygens (including phenoxy) is 1. The lowest BCUT2D eigenvalue weighted by Crippen LogP contribution is -2.46. The van der Waals surface area contributed by atoms with Crippen molar-refractivity contribution in [3.8, 4) is 9.88 Å². The predicted octanol–water partition coefficient (Wildman–Crippen LogP) is 1.22. The Morgan fingerprint density at radius 2 is 2.46 bits per heavy atom. The zero-order valence-electron chi connectivity index (χ0n) is 12.3. The van der Waals surface area contributed by atoms with E-state index < -0.39 is 11.0 Å². The lowest BCUT2D eigenvalue weighted by atomic mass is 10.3. The highest BCUT2D eigenvalue weighted by Gasteiger charge is 2.21. The van der Waals surface area contributed by atoms with Crippen LogP contribution < -0.4 is 10.7 Å². The molecule has 2 N–H and O–H groups in total. The molecule has 0 aromatic carbocycles. The summed E-state index contributed by atoms with van der Waals surface area (Å²) in [6.45, 7) is 1.68. The van der Waals surface area contributed by atoms with Crippen molar-refractivity contribution in [3.05, 3.63) is 33.3 Å². The van der Waals surface area contributed by atoms with Crippen LogP contribution in [0.15, 0.2) is 22.6 Å². The van der Waals surface area contributed by atoms with E-state index in [-0.39, 0.29) is 10.9 Å². The van der Waals surface area contributed by atoms with E-state index in [0.717, 1.165) is 22.8 Å². The van der Waals surface area contributed by atoms with Gasteiger partial charge in [0.05, 0.1) is 28.3 Å². The van der Waals surface area contributed by atoms with Crippen LogP contribution in [0.5, 0.6) is 0 Å². The molecular weight excluding hydrogens is 354 g/mol. The number of aromatic nitrogens is 1. The SMILES string of the molecule is O=C(N/N=C\c1csc(-c2ccc([N+](=O)[O-])s2)n1)C1CNCCO1. The van der Waals surface area contributed by atoms with E-state index in [4.69, 9.17) is 4.74 Å². The van der Waals surface area contributed by atoms with Crippen LogP contribution in [0, 0.1) is 10.1 Å². The summed E-state index contributed by atoms with van der Waals surface area (Å²) in [7, 11) is 0. The van der Waals surface area contributed by atoms with Gasteiger partial charge >= 0.3 is 5.00 Å². The third-order valence-corrected chi connectivity index (χ3v) is 5.16. The van der Waals surface area contributed by atoms with Gasteiger partial charge in [0.25, 0.3) is 5.91 Å². The van der Waals surface area contributed by atoms with Gasteiger partial charge in [0.1, 0.15) is 11.1 Å². The summed E-state index contributed by atoms with van der Waals surface area (Å²) in [5, 5.41) is 20.1. The summed E-state index contributed by atoms with van der Waals surface area (Å²) in [5.74, 6) is -0.317. The van der Waals surface area contributed by atoms with Crippen molar-refractivity contribution in [2.75, 3.05) is 19.7 Å². The van der Waals surface area contributed by atoms with Gasteiger partial charge < -0.3 is 10.1 Å². The lowest BCUT2D eigenvalue weighted by molar-refractivity contribution is -0.380. The van der Waals surface area contributed by atoms with Crippen LogP contribution in [-0.4, -0.2) is 47.8 Å². The molecule has 0 radical (unpaired) electrons. The Kier molecular flexibility index (Phi) is 5.25. The fourth-order valence-corrected chi connectivity index (χ4v) is 3.63. The van der Waals surface area contributed by atoms with Crippen LogP contribution in [0.3, 0.4) is 0 Å². The maximum Gasteiger partial charge on any atom is 0.324 e. The Morgan fingerprint density at radius 3 is 3.17 bits per heavy atom. The number of morpholine rings is 1. The summed E-state index contributed by atoms with van der Waals surface area (Å²) in [4.78, 5) is 27.1. The van der Waals surface area contributed by atoms with Crippen molar-refractivity contribution in [1.29, 1.82) is 0 Å². The van der Waals surface area contributed by atoms with Crippen LogP contribution in [0.4, 0.5) is 5.00 Å². The summed E-state index contributed by atoms with van der Waals surface area (Å²) in [6, 6.07) is 3.12. The fourth-order valence-electron chi connectivity index (χ4n) is 1.97. The molecule has 1 aliphatic rings. The summed E-state index contributed by atoms with van der Waals surface area (Å²) < 4.78 is 5.31. The van der Waals surface area contributed by atoms with Gasteiger partial charge in [-0.05, 0) is 6.07 Å². The molecule has 0 spiro atoms. The number of nitrogens with one attached hydrogen (secondary N) is 2. The Morgan fingerprint density at radius 1 is 1.58 bits per heavy atom. The number of nitro groups is 1. The number of carbonyl (C=O) groups excluding carboxylic acids is 1. The molecule has 1 unspecified atom stereocenters. The molecule has 0 bridgehead atoms. The van der Waals surface area contributed by atoms with Crippen molar-refractivity contribution < 1.29 is 14.5 Å². The highest BCUT2D eigenvalue weighted by molar-refractivity contribution is 7.23. The van der Waals surface area contributed by atoms with Crippen molar-refractivity contribution in [2.45, 2.75) is 6.10 Å². The summed E-state index contributed by atoms with van der Waals surface area (Å²) in [6.07, 6.45) is 0.879. The summed E-state index contributed by atoms with van der Waals surface area (Å²) >= 11 is 2.42. The number of hydrazone groups is 1. The maximum absolute atomic E-state index is 11.8. The van der Waals surface area contributed by atoms with Gasteiger partial charge in [-0.2, -0.15) is 5.10 Å². The highest BCUT2D eigenvalue weighted by Crippen LogP contribution is 2.34. The largest absolute Gasteiger partial charge is 0.366 e. The highest BCUT2D eigenvalue weighted by atomic mass is 32.1.